The van der Waals surface area contributed by atoms with Gasteiger partial charge < -0.3 is 14.8 Å². The van der Waals surface area contributed by atoms with Crippen molar-refractivity contribution >= 4 is 40.9 Å². The second-order valence-corrected chi connectivity index (χ2v) is 7.30. The van der Waals surface area contributed by atoms with Gasteiger partial charge in [-0.2, -0.15) is 0 Å². The molecule has 30 heavy (non-hydrogen) atoms. The molecule has 0 unspecified atom stereocenters. The third-order valence-electron chi connectivity index (χ3n) is 3.91. The zero-order valence-electron chi connectivity index (χ0n) is 16.3. The van der Waals surface area contributed by atoms with Gasteiger partial charge in [-0.05, 0) is 49.4 Å². The lowest BCUT2D eigenvalue weighted by molar-refractivity contribution is -0.113. The molecule has 8 nitrogen and oxygen atoms in total. The van der Waals surface area contributed by atoms with Crippen LogP contribution in [0, 0.1) is 0 Å². The van der Waals surface area contributed by atoms with Crippen LogP contribution >= 0.6 is 23.4 Å². The number of amides is 1. The largest absolute Gasteiger partial charge is 0.497 e. The molecular formula is C20H19ClN4O4S. The first-order chi connectivity index (χ1) is 14.5. The van der Waals surface area contributed by atoms with Crippen LogP contribution in [0.1, 0.15) is 17.3 Å². The van der Waals surface area contributed by atoms with Crippen molar-refractivity contribution in [1.82, 2.24) is 15.2 Å². The predicted octanol–water partition coefficient (Wildman–Crippen LogP) is 4.04. The maximum absolute atomic E-state index is 12.3. The first-order valence-electron chi connectivity index (χ1n) is 8.96. The van der Waals surface area contributed by atoms with Crippen LogP contribution in [0.5, 0.6) is 5.75 Å². The topological polar surface area (TPSA) is 106 Å². The number of aromatic amines is 1. The van der Waals surface area contributed by atoms with Gasteiger partial charge in [-0.25, -0.2) is 9.78 Å². The Bertz CT molecular complexity index is 1040. The zero-order chi connectivity index (χ0) is 21.5. The molecule has 0 spiro atoms. The Morgan fingerprint density at radius 2 is 1.97 bits per heavy atom. The number of nitrogens with zero attached hydrogens (tertiary/aromatic N) is 2. The Hall–Kier alpha value is -3.04. The van der Waals surface area contributed by atoms with Crippen LogP contribution in [0.15, 0.2) is 47.6 Å². The van der Waals surface area contributed by atoms with Crippen molar-refractivity contribution < 1.29 is 19.1 Å². The highest BCUT2D eigenvalue weighted by molar-refractivity contribution is 7.99. The number of ether oxygens (including phenoxy) is 2. The fraction of sp³-hybridized carbons (Fsp3) is 0.200. The first-order valence-corrected chi connectivity index (χ1v) is 10.3. The first kappa shape index (κ1) is 21.7. The molecule has 0 aliphatic heterocycles. The number of carbonyl (C=O) groups is 2. The van der Waals surface area contributed by atoms with Crippen molar-refractivity contribution in [3.8, 4) is 17.1 Å². The third-order valence-corrected chi connectivity index (χ3v) is 5.08. The SMILES string of the molecule is CCOC(=O)c1cc(NC(=O)CSc2n[nH]c(-c3ccc(OC)cc3)n2)ccc1Cl. The zero-order valence-corrected chi connectivity index (χ0v) is 17.8. The molecule has 1 heterocycles. The summed E-state index contributed by atoms with van der Waals surface area (Å²) < 4.78 is 10.1. The van der Waals surface area contributed by atoms with E-state index in [4.69, 9.17) is 21.1 Å². The van der Waals surface area contributed by atoms with Gasteiger partial charge in [-0.15, -0.1) is 5.10 Å². The molecule has 2 aromatic carbocycles. The molecule has 156 valence electrons. The van der Waals surface area contributed by atoms with Crippen LogP contribution in [0.3, 0.4) is 0 Å². The van der Waals surface area contributed by atoms with E-state index in [-0.39, 0.29) is 28.9 Å². The van der Waals surface area contributed by atoms with Crippen molar-refractivity contribution in [3.63, 3.8) is 0 Å². The number of nitrogens with one attached hydrogen (secondary N) is 2. The Morgan fingerprint density at radius 1 is 1.20 bits per heavy atom. The van der Waals surface area contributed by atoms with Crippen LogP contribution in [0.4, 0.5) is 5.69 Å². The molecule has 1 amide bonds. The van der Waals surface area contributed by atoms with E-state index < -0.39 is 5.97 Å². The van der Waals surface area contributed by atoms with Crippen LogP contribution in [0.25, 0.3) is 11.4 Å². The summed E-state index contributed by atoms with van der Waals surface area (Å²) in [6.45, 7) is 1.94. The number of benzene rings is 2. The second kappa shape index (κ2) is 10.1. The summed E-state index contributed by atoms with van der Waals surface area (Å²) in [7, 11) is 1.60. The van der Waals surface area contributed by atoms with Crippen LogP contribution in [-0.2, 0) is 9.53 Å². The highest BCUT2D eigenvalue weighted by Crippen LogP contribution is 2.23. The number of thioether (sulfide) groups is 1. The summed E-state index contributed by atoms with van der Waals surface area (Å²) in [6, 6.07) is 12.0. The van der Waals surface area contributed by atoms with E-state index in [1.54, 1.807) is 20.1 Å². The maximum Gasteiger partial charge on any atom is 0.339 e. The average Bonchev–Trinajstić information content (AvgIpc) is 3.23. The minimum atomic E-state index is -0.542. The number of hydrogen-bond donors (Lipinski definition) is 2. The minimum Gasteiger partial charge on any atom is -0.497 e. The van der Waals surface area contributed by atoms with Gasteiger partial charge in [0, 0.05) is 11.3 Å². The number of aromatic nitrogens is 3. The molecule has 0 fully saturated rings. The Kier molecular flexibility index (Phi) is 7.31. The quantitative estimate of drug-likeness (QED) is 0.397. The van der Waals surface area contributed by atoms with E-state index in [0.717, 1.165) is 11.3 Å². The fourth-order valence-electron chi connectivity index (χ4n) is 2.48. The molecule has 2 N–H and O–H groups in total. The summed E-state index contributed by atoms with van der Waals surface area (Å²) in [5, 5.41) is 10.4. The number of H-pyrrole nitrogens is 1. The Morgan fingerprint density at radius 3 is 2.67 bits per heavy atom. The monoisotopic (exact) mass is 446 g/mol. The van der Waals surface area contributed by atoms with Crippen molar-refractivity contribution in [2.75, 3.05) is 24.8 Å². The highest BCUT2D eigenvalue weighted by atomic mass is 35.5. The van der Waals surface area contributed by atoms with Crippen LogP contribution in [-0.4, -0.2) is 46.5 Å². The molecule has 1 aromatic heterocycles. The Balaban J connectivity index is 1.58. The lowest BCUT2D eigenvalue weighted by Crippen LogP contribution is -2.15. The molecule has 3 aromatic rings. The van der Waals surface area contributed by atoms with Crippen molar-refractivity contribution in [1.29, 1.82) is 0 Å². The van der Waals surface area contributed by atoms with E-state index >= 15 is 0 Å². The van der Waals surface area contributed by atoms with E-state index in [1.807, 2.05) is 24.3 Å². The van der Waals surface area contributed by atoms with Gasteiger partial charge in [-0.1, -0.05) is 23.4 Å². The lowest BCUT2D eigenvalue weighted by atomic mass is 10.2. The number of esters is 1. The summed E-state index contributed by atoms with van der Waals surface area (Å²) in [5.41, 5.74) is 1.50. The smallest absolute Gasteiger partial charge is 0.339 e. The van der Waals surface area contributed by atoms with Crippen LogP contribution in [0.2, 0.25) is 5.02 Å². The summed E-state index contributed by atoms with van der Waals surface area (Å²) in [5.74, 6) is 0.625. The van der Waals surface area contributed by atoms with Crippen molar-refractivity contribution in [2.24, 2.45) is 0 Å². The minimum absolute atomic E-state index is 0.0945. The molecule has 0 bridgehead atoms. The average molecular weight is 447 g/mol. The van der Waals surface area contributed by atoms with Gasteiger partial charge in [-0.3, -0.25) is 9.89 Å². The van der Waals surface area contributed by atoms with Crippen LogP contribution < -0.4 is 10.1 Å². The predicted molar refractivity (Wildman–Crippen MR) is 115 cm³/mol. The summed E-state index contributed by atoms with van der Waals surface area (Å²) in [4.78, 5) is 28.6. The van der Waals surface area contributed by atoms with E-state index in [0.29, 0.717) is 16.7 Å². The van der Waals surface area contributed by atoms with Gasteiger partial charge in [0.15, 0.2) is 5.82 Å². The molecule has 0 saturated heterocycles. The second-order valence-electron chi connectivity index (χ2n) is 5.95. The van der Waals surface area contributed by atoms with E-state index in [2.05, 4.69) is 20.5 Å². The number of carbonyl (C=O) groups excluding carboxylic acids is 2. The molecule has 3 rings (SSSR count). The summed E-state index contributed by atoms with van der Waals surface area (Å²) in [6.07, 6.45) is 0. The van der Waals surface area contributed by atoms with Crippen molar-refractivity contribution in [3.05, 3.63) is 53.1 Å². The highest BCUT2D eigenvalue weighted by Gasteiger charge is 2.14. The van der Waals surface area contributed by atoms with E-state index in [1.165, 1.54) is 23.9 Å². The normalized spacial score (nSPS) is 10.5. The molecule has 0 radical (unpaired) electrons. The number of methoxy groups -OCH3 is 1. The molecule has 0 atom stereocenters. The van der Waals surface area contributed by atoms with Gasteiger partial charge in [0.05, 0.1) is 30.1 Å². The maximum atomic E-state index is 12.3. The number of rotatable bonds is 8. The molecule has 0 aliphatic rings. The van der Waals surface area contributed by atoms with E-state index in [9.17, 15) is 9.59 Å². The van der Waals surface area contributed by atoms with Gasteiger partial charge in [0.25, 0.3) is 0 Å². The summed E-state index contributed by atoms with van der Waals surface area (Å²) >= 11 is 7.21. The van der Waals surface area contributed by atoms with Gasteiger partial charge in [0.1, 0.15) is 5.75 Å². The molecule has 10 heteroatoms. The standard InChI is InChI=1S/C20H19ClN4O4S/c1-3-29-19(27)15-10-13(6-9-16(15)21)22-17(26)11-30-20-23-18(24-25-20)12-4-7-14(28-2)8-5-12/h4-10H,3,11H2,1-2H3,(H,22,26)(H,23,24,25). The third kappa shape index (κ3) is 5.52. The van der Waals surface area contributed by atoms with Gasteiger partial charge >= 0.3 is 5.97 Å². The van der Waals surface area contributed by atoms with Crippen molar-refractivity contribution in [2.45, 2.75) is 12.1 Å². The number of halogens is 1. The number of anilines is 1. The molecule has 0 aliphatic carbocycles. The fourth-order valence-corrected chi connectivity index (χ4v) is 3.28. The molecular weight excluding hydrogens is 428 g/mol. The Labute approximate surface area is 182 Å². The molecule has 0 saturated carbocycles. The lowest BCUT2D eigenvalue weighted by Gasteiger charge is -2.08. The number of hydrogen-bond acceptors (Lipinski definition) is 7. The van der Waals surface area contributed by atoms with Gasteiger partial charge in [0.2, 0.25) is 11.1 Å².